The van der Waals surface area contributed by atoms with Gasteiger partial charge in [-0.1, -0.05) is 13.8 Å². The second-order valence-electron chi connectivity index (χ2n) is 5.84. The monoisotopic (exact) mass is 306 g/mol. The average molecular weight is 306 g/mol. The summed E-state index contributed by atoms with van der Waals surface area (Å²) in [5.74, 6) is 7.69. The fourth-order valence-corrected chi connectivity index (χ4v) is 3.56. The molecule has 3 heterocycles. The molecule has 2 aromatic rings. The van der Waals surface area contributed by atoms with E-state index in [1.54, 1.807) is 11.3 Å². The Balaban J connectivity index is 1.80. The number of nitrogens with zero attached hydrogens (tertiary/aromatic N) is 4. The summed E-state index contributed by atoms with van der Waals surface area (Å²) in [6.45, 7) is 9.87. The molecule has 0 bridgehead atoms. The van der Waals surface area contributed by atoms with Crippen molar-refractivity contribution in [3.05, 3.63) is 11.4 Å². The van der Waals surface area contributed by atoms with Crippen molar-refractivity contribution in [2.45, 2.75) is 13.8 Å². The first-order valence-corrected chi connectivity index (χ1v) is 8.24. The first kappa shape index (κ1) is 14.5. The molecule has 0 spiro atoms. The van der Waals surface area contributed by atoms with Crippen LogP contribution in [0.25, 0.3) is 10.2 Å². The zero-order valence-electron chi connectivity index (χ0n) is 12.5. The summed E-state index contributed by atoms with van der Waals surface area (Å²) < 4.78 is 0. The lowest BCUT2D eigenvalue weighted by Crippen LogP contribution is -2.47. The van der Waals surface area contributed by atoms with Gasteiger partial charge in [0.15, 0.2) is 0 Å². The molecule has 0 saturated carbocycles. The van der Waals surface area contributed by atoms with Crippen molar-refractivity contribution in [3.8, 4) is 0 Å². The van der Waals surface area contributed by atoms with Crippen LogP contribution in [0.3, 0.4) is 0 Å². The Labute approximate surface area is 128 Å². The number of nitrogens with two attached hydrogens (primary N) is 1. The number of piperazine rings is 1. The summed E-state index contributed by atoms with van der Waals surface area (Å²) in [4.78, 5) is 14.8. The van der Waals surface area contributed by atoms with Crippen LogP contribution in [-0.4, -0.2) is 47.6 Å². The molecule has 1 aliphatic rings. The minimum Gasteiger partial charge on any atom is -0.353 e. The zero-order chi connectivity index (χ0) is 14.8. The summed E-state index contributed by atoms with van der Waals surface area (Å²) in [5, 5.41) is 3.18. The molecule has 0 aromatic carbocycles. The summed E-state index contributed by atoms with van der Waals surface area (Å²) in [6, 6.07) is 2.09. The molecule has 0 amide bonds. The summed E-state index contributed by atoms with van der Waals surface area (Å²) in [7, 11) is 0. The van der Waals surface area contributed by atoms with Crippen LogP contribution in [0.15, 0.2) is 11.4 Å². The van der Waals surface area contributed by atoms with Gasteiger partial charge >= 0.3 is 0 Å². The van der Waals surface area contributed by atoms with Gasteiger partial charge in [0.2, 0.25) is 5.95 Å². The van der Waals surface area contributed by atoms with Gasteiger partial charge in [-0.2, -0.15) is 4.98 Å². The summed E-state index contributed by atoms with van der Waals surface area (Å²) in [5.41, 5.74) is 2.57. The first-order valence-electron chi connectivity index (χ1n) is 7.36. The molecule has 3 N–H and O–H groups in total. The van der Waals surface area contributed by atoms with E-state index in [9.17, 15) is 0 Å². The van der Waals surface area contributed by atoms with E-state index in [-0.39, 0.29) is 0 Å². The maximum atomic E-state index is 5.49. The van der Waals surface area contributed by atoms with Crippen molar-refractivity contribution in [3.63, 3.8) is 0 Å². The number of fused-ring (bicyclic) bond motifs is 1. The normalized spacial score (nSPS) is 16.9. The molecule has 0 radical (unpaired) electrons. The van der Waals surface area contributed by atoms with Crippen LogP contribution >= 0.6 is 11.3 Å². The Hall–Kier alpha value is -1.44. The molecular formula is C14H22N6S. The van der Waals surface area contributed by atoms with Crippen molar-refractivity contribution < 1.29 is 0 Å². The topological polar surface area (TPSA) is 70.3 Å². The van der Waals surface area contributed by atoms with Gasteiger partial charge in [0.05, 0.1) is 5.39 Å². The third-order valence-corrected chi connectivity index (χ3v) is 4.54. The lowest BCUT2D eigenvalue weighted by atomic mass is 10.2. The van der Waals surface area contributed by atoms with Gasteiger partial charge in [-0.25, -0.2) is 10.8 Å². The molecular weight excluding hydrogens is 284 g/mol. The van der Waals surface area contributed by atoms with E-state index in [1.807, 2.05) is 0 Å². The molecule has 114 valence electrons. The molecule has 7 heteroatoms. The largest absolute Gasteiger partial charge is 0.353 e. The lowest BCUT2D eigenvalue weighted by molar-refractivity contribution is 0.231. The minimum atomic E-state index is 0.490. The highest BCUT2D eigenvalue weighted by atomic mass is 32.1. The van der Waals surface area contributed by atoms with Crippen molar-refractivity contribution in [1.82, 2.24) is 14.9 Å². The summed E-state index contributed by atoms with van der Waals surface area (Å²) in [6.07, 6.45) is 0. The Morgan fingerprint density at radius 3 is 2.71 bits per heavy atom. The average Bonchev–Trinajstić information content (AvgIpc) is 2.94. The van der Waals surface area contributed by atoms with Gasteiger partial charge in [-0.05, 0) is 17.4 Å². The predicted octanol–water partition coefficient (Wildman–Crippen LogP) is 1.75. The number of hydrogen-bond donors (Lipinski definition) is 2. The number of nitrogen functional groups attached to an aromatic ring is 1. The highest BCUT2D eigenvalue weighted by Gasteiger charge is 2.21. The van der Waals surface area contributed by atoms with Crippen LogP contribution in [0.4, 0.5) is 11.8 Å². The van der Waals surface area contributed by atoms with Gasteiger partial charge < -0.3 is 4.90 Å². The van der Waals surface area contributed by atoms with Gasteiger partial charge in [-0.3, -0.25) is 10.3 Å². The van der Waals surface area contributed by atoms with Crippen molar-refractivity contribution in [2.75, 3.05) is 43.0 Å². The Bertz CT molecular complexity index is 603. The van der Waals surface area contributed by atoms with Crippen LogP contribution < -0.4 is 16.2 Å². The van der Waals surface area contributed by atoms with E-state index in [2.05, 4.69) is 50.5 Å². The van der Waals surface area contributed by atoms with Gasteiger partial charge in [0.1, 0.15) is 10.6 Å². The Morgan fingerprint density at radius 2 is 2.05 bits per heavy atom. The van der Waals surface area contributed by atoms with Crippen molar-refractivity contribution >= 4 is 33.3 Å². The molecule has 21 heavy (non-hydrogen) atoms. The van der Waals surface area contributed by atoms with E-state index >= 15 is 0 Å². The van der Waals surface area contributed by atoms with Crippen molar-refractivity contribution in [1.29, 1.82) is 0 Å². The number of aromatic nitrogens is 2. The molecule has 1 saturated heterocycles. The molecule has 6 nitrogen and oxygen atoms in total. The van der Waals surface area contributed by atoms with E-state index in [4.69, 9.17) is 5.84 Å². The molecule has 1 aliphatic heterocycles. The maximum Gasteiger partial charge on any atom is 0.240 e. The fourth-order valence-electron chi connectivity index (χ4n) is 2.80. The van der Waals surface area contributed by atoms with E-state index in [0.29, 0.717) is 11.9 Å². The number of rotatable bonds is 4. The third kappa shape index (κ3) is 3.09. The standard InChI is InChI=1S/C14H22N6S/c1-10(2)9-19-4-6-20(7-5-19)12-11-3-8-21-13(11)17-14(16-12)18-15/h3,8,10H,4-7,9,15H2,1-2H3,(H,16,17,18). The lowest BCUT2D eigenvalue weighted by Gasteiger charge is -2.36. The summed E-state index contributed by atoms with van der Waals surface area (Å²) >= 11 is 1.62. The minimum absolute atomic E-state index is 0.490. The van der Waals surface area contributed by atoms with Crippen LogP contribution in [-0.2, 0) is 0 Å². The molecule has 3 rings (SSSR count). The second-order valence-corrected chi connectivity index (χ2v) is 6.73. The SMILES string of the molecule is CC(C)CN1CCN(c2nc(NN)nc3sccc23)CC1. The number of hydrogen-bond acceptors (Lipinski definition) is 7. The smallest absolute Gasteiger partial charge is 0.240 e. The van der Waals surface area contributed by atoms with Gasteiger partial charge in [0, 0.05) is 32.7 Å². The van der Waals surface area contributed by atoms with Crippen LogP contribution in [0.1, 0.15) is 13.8 Å². The van der Waals surface area contributed by atoms with Crippen molar-refractivity contribution in [2.24, 2.45) is 11.8 Å². The quantitative estimate of drug-likeness (QED) is 0.662. The molecule has 1 fully saturated rings. The number of hydrazine groups is 1. The number of nitrogens with one attached hydrogen (secondary N) is 1. The third-order valence-electron chi connectivity index (χ3n) is 3.73. The molecule has 0 unspecified atom stereocenters. The highest BCUT2D eigenvalue weighted by molar-refractivity contribution is 7.16. The van der Waals surface area contributed by atoms with E-state index in [1.165, 1.54) is 6.54 Å². The predicted molar refractivity (Wildman–Crippen MR) is 88.7 cm³/mol. The zero-order valence-corrected chi connectivity index (χ0v) is 13.4. The van der Waals surface area contributed by atoms with Crippen LogP contribution in [0.5, 0.6) is 0 Å². The molecule has 0 aliphatic carbocycles. The van der Waals surface area contributed by atoms with E-state index < -0.39 is 0 Å². The van der Waals surface area contributed by atoms with Crippen LogP contribution in [0, 0.1) is 5.92 Å². The first-order chi connectivity index (χ1) is 10.2. The number of thiophene rings is 1. The Morgan fingerprint density at radius 1 is 1.29 bits per heavy atom. The van der Waals surface area contributed by atoms with E-state index in [0.717, 1.165) is 42.2 Å². The highest BCUT2D eigenvalue weighted by Crippen LogP contribution is 2.29. The Kier molecular flexibility index (Phi) is 4.23. The maximum absolute atomic E-state index is 5.49. The molecule has 0 atom stereocenters. The van der Waals surface area contributed by atoms with Gasteiger partial charge in [-0.15, -0.1) is 11.3 Å². The fraction of sp³-hybridized carbons (Fsp3) is 0.571. The van der Waals surface area contributed by atoms with Crippen LogP contribution in [0.2, 0.25) is 0 Å². The second kappa shape index (κ2) is 6.13. The van der Waals surface area contributed by atoms with Gasteiger partial charge in [0.25, 0.3) is 0 Å². The number of anilines is 2. The molecule has 2 aromatic heterocycles.